The number of carbonyl (C=O) groups excluding carboxylic acids is 1. The number of benzene rings is 2. The van der Waals surface area contributed by atoms with E-state index in [2.05, 4.69) is 9.97 Å². The summed E-state index contributed by atoms with van der Waals surface area (Å²) in [6.45, 7) is 1.90. The molecule has 0 bridgehead atoms. The molecule has 0 saturated carbocycles. The molecule has 0 unspecified atom stereocenters. The molecule has 0 radical (unpaired) electrons. The number of aromatic nitrogens is 2. The van der Waals surface area contributed by atoms with Crippen LogP contribution in [-0.2, 0) is 6.54 Å². The van der Waals surface area contributed by atoms with Gasteiger partial charge in [-0.05, 0) is 35.9 Å². The molecule has 7 heteroatoms. The van der Waals surface area contributed by atoms with Crippen LogP contribution in [0.2, 0.25) is 0 Å². The summed E-state index contributed by atoms with van der Waals surface area (Å²) in [4.78, 5) is 24.6. The first-order valence-electron chi connectivity index (χ1n) is 9.02. The fraction of sp³-hybridized carbons (Fsp3) is 0.190. The van der Waals surface area contributed by atoms with Crippen molar-refractivity contribution in [2.45, 2.75) is 6.54 Å². The third-order valence-electron chi connectivity index (χ3n) is 4.75. The number of amides is 2. The van der Waals surface area contributed by atoms with Crippen LogP contribution in [0.1, 0.15) is 5.56 Å². The number of hydrogen-bond acceptors (Lipinski definition) is 5. The van der Waals surface area contributed by atoms with Gasteiger partial charge < -0.3 is 15.4 Å². The molecule has 2 amide bonds. The summed E-state index contributed by atoms with van der Waals surface area (Å²) in [7, 11) is 1.64. The molecule has 142 valence electrons. The van der Waals surface area contributed by atoms with Gasteiger partial charge in [-0.2, -0.15) is 0 Å². The molecule has 1 aliphatic heterocycles. The molecule has 7 nitrogen and oxygen atoms in total. The smallest absolute Gasteiger partial charge is 0.324 e. The number of nitrogens with two attached hydrogens (primary N) is 1. The van der Waals surface area contributed by atoms with Gasteiger partial charge in [-0.1, -0.05) is 24.3 Å². The van der Waals surface area contributed by atoms with Gasteiger partial charge >= 0.3 is 6.03 Å². The van der Waals surface area contributed by atoms with Crippen LogP contribution in [0.5, 0.6) is 5.75 Å². The Labute approximate surface area is 163 Å². The number of methoxy groups -OCH3 is 1. The van der Waals surface area contributed by atoms with Crippen molar-refractivity contribution in [3.63, 3.8) is 0 Å². The number of ether oxygens (including phenoxy) is 1. The number of carbonyl (C=O) groups is 1. The van der Waals surface area contributed by atoms with E-state index in [-0.39, 0.29) is 12.0 Å². The van der Waals surface area contributed by atoms with E-state index >= 15 is 0 Å². The summed E-state index contributed by atoms with van der Waals surface area (Å²) in [5.74, 6) is 1.03. The summed E-state index contributed by atoms with van der Waals surface area (Å²) in [5.41, 5.74) is 9.25. The predicted molar refractivity (Wildman–Crippen MR) is 108 cm³/mol. The summed E-state index contributed by atoms with van der Waals surface area (Å²) >= 11 is 0. The molecule has 0 aliphatic carbocycles. The molecule has 1 fully saturated rings. The van der Waals surface area contributed by atoms with Gasteiger partial charge in [0.25, 0.3) is 0 Å². The summed E-state index contributed by atoms with van der Waals surface area (Å²) in [6.07, 6.45) is 1.63. The molecule has 0 spiro atoms. The lowest BCUT2D eigenvalue weighted by molar-refractivity contribution is 0.218. The van der Waals surface area contributed by atoms with Gasteiger partial charge in [0.05, 0.1) is 12.8 Å². The maximum absolute atomic E-state index is 12.8. The first-order valence-corrected chi connectivity index (χ1v) is 9.02. The second-order valence-corrected chi connectivity index (χ2v) is 6.55. The van der Waals surface area contributed by atoms with Crippen molar-refractivity contribution < 1.29 is 9.53 Å². The number of anilines is 2. The van der Waals surface area contributed by atoms with Crippen molar-refractivity contribution in [1.29, 1.82) is 0 Å². The Morgan fingerprint density at radius 3 is 2.68 bits per heavy atom. The van der Waals surface area contributed by atoms with Crippen LogP contribution in [0.15, 0.2) is 60.8 Å². The zero-order chi connectivity index (χ0) is 19.5. The van der Waals surface area contributed by atoms with E-state index in [0.717, 1.165) is 28.3 Å². The molecule has 28 heavy (non-hydrogen) atoms. The van der Waals surface area contributed by atoms with E-state index in [9.17, 15) is 4.79 Å². The highest BCUT2D eigenvalue weighted by Gasteiger charge is 2.29. The molecule has 0 atom stereocenters. The highest BCUT2D eigenvalue weighted by Crippen LogP contribution is 2.26. The van der Waals surface area contributed by atoms with E-state index in [1.165, 1.54) is 0 Å². The number of rotatable bonds is 5. The molecule has 1 aromatic heterocycles. The van der Waals surface area contributed by atoms with Crippen LogP contribution in [0.25, 0.3) is 11.3 Å². The quantitative estimate of drug-likeness (QED) is 0.740. The largest absolute Gasteiger partial charge is 0.497 e. The van der Waals surface area contributed by atoms with E-state index in [0.29, 0.717) is 19.6 Å². The average Bonchev–Trinajstić information content (AvgIpc) is 3.08. The maximum Gasteiger partial charge on any atom is 0.324 e. The van der Waals surface area contributed by atoms with E-state index in [1.54, 1.807) is 18.2 Å². The minimum atomic E-state index is 0.00171. The lowest BCUT2D eigenvalue weighted by Crippen LogP contribution is -2.31. The molecule has 1 aliphatic rings. The second-order valence-electron chi connectivity index (χ2n) is 6.55. The van der Waals surface area contributed by atoms with E-state index in [4.69, 9.17) is 10.5 Å². The molecule has 4 rings (SSSR count). The minimum Gasteiger partial charge on any atom is -0.497 e. The fourth-order valence-electron chi connectivity index (χ4n) is 3.31. The standard InChI is InChI=1S/C21H21N5O2/c1-28-18-4-2-3-15(13-18)14-25-11-12-26(21(25)27)17-7-5-16(6-8-17)19-9-10-23-20(22)24-19/h2-10,13H,11-12,14H2,1H3,(H2,22,23,24). The van der Waals surface area contributed by atoms with Crippen LogP contribution in [0.4, 0.5) is 16.4 Å². The SMILES string of the molecule is COc1cccc(CN2CCN(c3ccc(-c4ccnc(N)n4)cc3)C2=O)c1. The zero-order valence-electron chi connectivity index (χ0n) is 15.6. The normalized spacial score (nSPS) is 13.8. The van der Waals surface area contributed by atoms with Gasteiger partial charge in [-0.25, -0.2) is 14.8 Å². The van der Waals surface area contributed by atoms with Crippen molar-refractivity contribution in [1.82, 2.24) is 14.9 Å². The molecule has 2 heterocycles. The number of urea groups is 1. The van der Waals surface area contributed by atoms with Gasteiger partial charge in [-0.15, -0.1) is 0 Å². The Bertz CT molecular complexity index is 990. The Morgan fingerprint density at radius 2 is 1.93 bits per heavy atom. The number of nitrogens with zero attached hydrogens (tertiary/aromatic N) is 4. The van der Waals surface area contributed by atoms with Crippen molar-refractivity contribution in [3.8, 4) is 17.0 Å². The van der Waals surface area contributed by atoms with E-state index < -0.39 is 0 Å². The minimum absolute atomic E-state index is 0.00171. The maximum atomic E-state index is 12.8. The molecule has 2 aromatic carbocycles. The Morgan fingerprint density at radius 1 is 1.11 bits per heavy atom. The topological polar surface area (TPSA) is 84.6 Å². The highest BCUT2D eigenvalue weighted by molar-refractivity contribution is 5.94. The molecular weight excluding hydrogens is 354 g/mol. The first-order chi connectivity index (χ1) is 13.6. The predicted octanol–water partition coefficient (Wildman–Crippen LogP) is 3.18. The van der Waals surface area contributed by atoms with Crippen molar-refractivity contribution in [2.75, 3.05) is 30.8 Å². The Balaban J connectivity index is 1.47. The van der Waals surface area contributed by atoms with Crippen LogP contribution in [-0.4, -0.2) is 41.1 Å². The Hall–Kier alpha value is -3.61. The van der Waals surface area contributed by atoms with Gasteiger partial charge in [0, 0.05) is 37.1 Å². The van der Waals surface area contributed by atoms with Crippen molar-refractivity contribution >= 4 is 17.7 Å². The zero-order valence-corrected chi connectivity index (χ0v) is 15.6. The van der Waals surface area contributed by atoms with Gasteiger partial charge in [0.15, 0.2) is 0 Å². The highest BCUT2D eigenvalue weighted by atomic mass is 16.5. The van der Waals surface area contributed by atoms with Crippen LogP contribution in [0, 0.1) is 0 Å². The van der Waals surface area contributed by atoms with Gasteiger partial charge in [-0.3, -0.25) is 4.90 Å². The third-order valence-corrected chi connectivity index (χ3v) is 4.75. The monoisotopic (exact) mass is 375 g/mol. The third kappa shape index (κ3) is 3.59. The van der Waals surface area contributed by atoms with Crippen molar-refractivity contribution in [2.24, 2.45) is 0 Å². The fourth-order valence-corrected chi connectivity index (χ4v) is 3.31. The first kappa shape index (κ1) is 17.8. The molecule has 3 aromatic rings. The second kappa shape index (κ2) is 7.56. The lowest BCUT2D eigenvalue weighted by Gasteiger charge is -2.19. The number of hydrogen-bond donors (Lipinski definition) is 1. The summed E-state index contributed by atoms with van der Waals surface area (Å²) < 4.78 is 5.26. The van der Waals surface area contributed by atoms with E-state index in [1.807, 2.05) is 59.5 Å². The molecule has 1 saturated heterocycles. The van der Waals surface area contributed by atoms with Crippen LogP contribution in [0.3, 0.4) is 0 Å². The molecular formula is C21H21N5O2. The summed E-state index contributed by atoms with van der Waals surface area (Å²) in [5, 5.41) is 0. The Kier molecular flexibility index (Phi) is 4.80. The molecule has 2 N–H and O–H groups in total. The van der Waals surface area contributed by atoms with Crippen LogP contribution >= 0.6 is 0 Å². The average molecular weight is 375 g/mol. The van der Waals surface area contributed by atoms with Gasteiger partial charge in [0.1, 0.15) is 5.75 Å². The van der Waals surface area contributed by atoms with Crippen molar-refractivity contribution in [3.05, 3.63) is 66.4 Å². The lowest BCUT2D eigenvalue weighted by atomic mass is 10.1. The van der Waals surface area contributed by atoms with Gasteiger partial charge in [0.2, 0.25) is 5.95 Å². The van der Waals surface area contributed by atoms with Crippen LogP contribution < -0.4 is 15.4 Å². The summed E-state index contributed by atoms with van der Waals surface area (Å²) in [6, 6.07) is 17.3. The number of nitrogen functional groups attached to an aromatic ring is 1.